The minimum atomic E-state index is -0.917. The molecule has 0 aliphatic rings. The lowest BCUT2D eigenvalue weighted by Crippen LogP contribution is -2.43. The van der Waals surface area contributed by atoms with Crippen molar-refractivity contribution in [1.29, 1.82) is 0 Å². The summed E-state index contributed by atoms with van der Waals surface area (Å²) in [5, 5.41) is 5.55. The SMILES string of the molecule is CC(C)C[C@H](NC(=O)c1ccc(Cl)cc1)C(=O)OCC(=O)Nc1cccc(F)c1. The molecule has 2 aromatic rings. The van der Waals surface area contributed by atoms with Gasteiger partial charge in [-0.15, -0.1) is 0 Å². The molecule has 0 aliphatic heterocycles. The lowest BCUT2D eigenvalue weighted by atomic mass is 10.0. The summed E-state index contributed by atoms with van der Waals surface area (Å²) in [6.45, 7) is 3.23. The Labute approximate surface area is 173 Å². The number of esters is 1. The maximum absolute atomic E-state index is 13.2. The summed E-state index contributed by atoms with van der Waals surface area (Å²) in [5.74, 6) is -2.19. The van der Waals surface area contributed by atoms with Crippen LogP contribution in [0.5, 0.6) is 0 Å². The van der Waals surface area contributed by atoms with Crippen molar-refractivity contribution < 1.29 is 23.5 Å². The van der Waals surface area contributed by atoms with E-state index in [2.05, 4.69) is 10.6 Å². The van der Waals surface area contributed by atoms with E-state index in [4.69, 9.17) is 16.3 Å². The molecule has 154 valence electrons. The molecule has 2 aromatic carbocycles. The first-order valence-corrected chi connectivity index (χ1v) is 9.41. The summed E-state index contributed by atoms with van der Waals surface area (Å²) in [7, 11) is 0. The van der Waals surface area contributed by atoms with Crippen LogP contribution in [-0.2, 0) is 14.3 Å². The molecule has 2 N–H and O–H groups in total. The minimum absolute atomic E-state index is 0.0965. The van der Waals surface area contributed by atoms with Crippen LogP contribution in [0.1, 0.15) is 30.6 Å². The van der Waals surface area contributed by atoms with Gasteiger partial charge in [-0.05, 0) is 54.8 Å². The van der Waals surface area contributed by atoms with Gasteiger partial charge >= 0.3 is 5.97 Å². The summed E-state index contributed by atoms with van der Waals surface area (Å²) in [6.07, 6.45) is 0.337. The average molecular weight is 421 g/mol. The van der Waals surface area contributed by atoms with Gasteiger partial charge in [-0.3, -0.25) is 9.59 Å². The fourth-order valence-corrected chi connectivity index (χ4v) is 2.65. The van der Waals surface area contributed by atoms with Crippen molar-refractivity contribution in [2.45, 2.75) is 26.3 Å². The number of anilines is 1. The summed E-state index contributed by atoms with van der Waals surface area (Å²) >= 11 is 5.81. The van der Waals surface area contributed by atoms with Gasteiger partial charge in [-0.25, -0.2) is 9.18 Å². The zero-order valence-electron chi connectivity index (χ0n) is 16.1. The number of carbonyl (C=O) groups is 3. The Morgan fingerprint density at radius 1 is 1.10 bits per heavy atom. The molecule has 8 heteroatoms. The first kappa shape index (κ1) is 22.4. The Kier molecular flexibility index (Phi) is 8.15. The predicted octanol–water partition coefficient (Wildman–Crippen LogP) is 3.81. The van der Waals surface area contributed by atoms with Crippen LogP contribution in [0, 0.1) is 11.7 Å². The number of nitrogens with one attached hydrogen (secondary N) is 2. The van der Waals surface area contributed by atoms with E-state index in [1.807, 2.05) is 13.8 Å². The Hall–Kier alpha value is -2.93. The number of halogens is 2. The molecule has 0 aromatic heterocycles. The highest BCUT2D eigenvalue weighted by molar-refractivity contribution is 6.30. The summed E-state index contributed by atoms with van der Waals surface area (Å²) in [6, 6.07) is 10.7. The lowest BCUT2D eigenvalue weighted by Gasteiger charge is -2.19. The molecule has 1 atom stereocenters. The third-order valence-corrected chi connectivity index (χ3v) is 4.11. The fourth-order valence-electron chi connectivity index (χ4n) is 2.53. The van der Waals surface area contributed by atoms with Gasteiger partial charge in [0.1, 0.15) is 11.9 Å². The van der Waals surface area contributed by atoms with Crippen molar-refractivity contribution in [1.82, 2.24) is 5.32 Å². The lowest BCUT2D eigenvalue weighted by molar-refractivity contribution is -0.149. The van der Waals surface area contributed by atoms with Gasteiger partial charge in [0.25, 0.3) is 11.8 Å². The van der Waals surface area contributed by atoms with Crippen LogP contribution in [0.25, 0.3) is 0 Å². The highest BCUT2D eigenvalue weighted by Crippen LogP contribution is 2.12. The molecular formula is C21H22ClFN2O4. The normalized spacial score (nSPS) is 11.6. The molecule has 6 nitrogen and oxygen atoms in total. The quantitative estimate of drug-likeness (QED) is 0.636. The van der Waals surface area contributed by atoms with E-state index < -0.39 is 36.2 Å². The Morgan fingerprint density at radius 2 is 1.79 bits per heavy atom. The van der Waals surface area contributed by atoms with Crippen molar-refractivity contribution in [3.05, 3.63) is 64.9 Å². The van der Waals surface area contributed by atoms with Gasteiger partial charge in [-0.2, -0.15) is 0 Å². The van der Waals surface area contributed by atoms with Crippen molar-refractivity contribution in [2.24, 2.45) is 5.92 Å². The second-order valence-electron chi connectivity index (χ2n) is 6.83. The standard InChI is InChI=1S/C21H22ClFN2O4/c1-13(2)10-18(25-20(27)14-6-8-15(22)9-7-14)21(28)29-12-19(26)24-17-5-3-4-16(23)11-17/h3-9,11,13,18H,10,12H2,1-2H3,(H,24,26)(H,25,27)/t18-/m0/s1. The Bertz CT molecular complexity index is 871. The molecule has 2 amide bonds. The van der Waals surface area contributed by atoms with Crippen molar-refractivity contribution in [2.75, 3.05) is 11.9 Å². The maximum Gasteiger partial charge on any atom is 0.329 e. The van der Waals surface area contributed by atoms with Gasteiger partial charge in [0.2, 0.25) is 0 Å². The van der Waals surface area contributed by atoms with Crippen LogP contribution in [0.4, 0.5) is 10.1 Å². The number of ether oxygens (including phenoxy) is 1. The van der Waals surface area contributed by atoms with Crippen LogP contribution in [0.3, 0.4) is 0 Å². The number of hydrogen-bond acceptors (Lipinski definition) is 4. The van der Waals surface area contributed by atoms with Gasteiger partial charge in [-0.1, -0.05) is 31.5 Å². The number of hydrogen-bond donors (Lipinski definition) is 2. The van der Waals surface area contributed by atoms with Crippen LogP contribution < -0.4 is 10.6 Å². The van der Waals surface area contributed by atoms with Crippen LogP contribution in [0.15, 0.2) is 48.5 Å². The molecule has 0 radical (unpaired) electrons. The highest BCUT2D eigenvalue weighted by Gasteiger charge is 2.24. The van der Waals surface area contributed by atoms with Crippen LogP contribution in [-0.4, -0.2) is 30.4 Å². The van der Waals surface area contributed by atoms with Crippen LogP contribution in [0.2, 0.25) is 5.02 Å². The van der Waals surface area contributed by atoms with Crippen LogP contribution >= 0.6 is 11.6 Å². The average Bonchev–Trinajstić information content (AvgIpc) is 2.65. The largest absolute Gasteiger partial charge is 0.454 e. The fraction of sp³-hybridized carbons (Fsp3) is 0.286. The molecule has 0 saturated heterocycles. The molecule has 29 heavy (non-hydrogen) atoms. The van der Waals surface area contributed by atoms with Crippen molar-refractivity contribution in [3.63, 3.8) is 0 Å². The predicted molar refractivity (Wildman–Crippen MR) is 108 cm³/mol. The molecule has 0 unspecified atom stereocenters. The van der Waals surface area contributed by atoms with E-state index in [1.165, 1.54) is 18.2 Å². The summed E-state index contributed by atoms with van der Waals surface area (Å²) in [5.41, 5.74) is 0.598. The highest BCUT2D eigenvalue weighted by atomic mass is 35.5. The zero-order chi connectivity index (χ0) is 21.4. The number of carbonyl (C=O) groups excluding carboxylic acids is 3. The monoisotopic (exact) mass is 420 g/mol. The number of amides is 2. The van der Waals surface area contributed by atoms with Crippen molar-refractivity contribution in [3.8, 4) is 0 Å². The van der Waals surface area contributed by atoms with Gasteiger partial charge in [0, 0.05) is 16.3 Å². The molecule has 0 fully saturated rings. The molecule has 0 heterocycles. The van der Waals surface area contributed by atoms with E-state index in [9.17, 15) is 18.8 Å². The van der Waals surface area contributed by atoms with E-state index >= 15 is 0 Å². The molecular weight excluding hydrogens is 399 g/mol. The summed E-state index contributed by atoms with van der Waals surface area (Å²) < 4.78 is 18.2. The molecule has 0 aliphatic carbocycles. The molecule has 2 rings (SSSR count). The topological polar surface area (TPSA) is 84.5 Å². The Balaban J connectivity index is 1.94. The smallest absolute Gasteiger partial charge is 0.329 e. The van der Waals surface area contributed by atoms with E-state index in [-0.39, 0.29) is 11.6 Å². The molecule has 0 bridgehead atoms. The van der Waals surface area contributed by atoms with Crippen molar-refractivity contribution >= 4 is 35.1 Å². The summed E-state index contributed by atoms with van der Waals surface area (Å²) in [4.78, 5) is 36.7. The third-order valence-electron chi connectivity index (χ3n) is 3.86. The van der Waals surface area contributed by atoms with Gasteiger partial charge < -0.3 is 15.4 Å². The van der Waals surface area contributed by atoms with E-state index in [0.29, 0.717) is 17.0 Å². The first-order valence-electron chi connectivity index (χ1n) is 9.03. The second kappa shape index (κ2) is 10.6. The number of rotatable bonds is 8. The van der Waals surface area contributed by atoms with E-state index in [0.717, 1.165) is 6.07 Å². The minimum Gasteiger partial charge on any atom is -0.454 e. The molecule has 0 spiro atoms. The first-order chi connectivity index (χ1) is 13.7. The molecule has 0 saturated carbocycles. The van der Waals surface area contributed by atoms with Gasteiger partial charge in [0.05, 0.1) is 0 Å². The second-order valence-corrected chi connectivity index (χ2v) is 7.27. The zero-order valence-corrected chi connectivity index (χ0v) is 16.8. The number of benzene rings is 2. The third kappa shape index (κ3) is 7.54. The van der Waals surface area contributed by atoms with Gasteiger partial charge in [0.15, 0.2) is 6.61 Å². The Morgan fingerprint density at radius 3 is 2.41 bits per heavy atom. The maximum atomic E-state index is 13.2. The van der Waals surface area contributed by atoms with E-state index in [1.54, 1.807) is 24.3 Å².